The van der Waals surface area contributed by atoms with E-state index in [1.165, 1.54) is 12.1 Å². The number of alkyl halides is 3. The summed E-state index contributed by atoms with van der Waals surface area (Å²) in [4.78, 5) is 27.6. The lowest BCUT2D eigenvalue weighted by atomic mass is 10.0. The van der Waals surface area contributed by atoms with E-state index < -0.39 is 30.5 Å². The summed E-state index contributed by atoms with van der Waals surface area (Å²) in [6.45, 7) is 2.58. The molecule has 142 valence electrons. The fourth-order valence-electron chi connectivity index (χ4n) is 3.64. The molecule has 2 aliphatic heterocycles. The average molecular weight is 369 g/mol. The second kappa shape index (κ2) is 7.26. The maximum absolute atomic E-state index is 13.7. The van der Waals surface area contributed by atoms with Crippen molar-refractivity contribution in [1.82, 2.24) is 4.90 Å². The van der Waals surface area contributed by atoms with E-state index in [1.54, 1.807) is 12.1 Å². The monoisotopic (exact) mass is 369 g/mol. The SMILES string of the molecule is C[C@H]1CCCCN1CC(=O)N1c2ccccc2NC(=O)C[C@@H]1C(F)(F)F. The zero-order valence-electron chi connectivity index (χ0n) is 14.6. The van der Waals surface area contributed by atoms with E-state index in [9.17, 15) is 22.8 Å². The van der Waals surface area contributed by atoms with Crippen LogP contribution in [0.5, 0.6) is 0 Å². The first kappa shape index (κ1) is 18.7. The number of nitrogens with zero attached hydrogens (tertiary/aromatic N) is 2. The highest BCUT2D eigenvalue weighted by Crippen LogP contribution is 2.37. The quantitative estimate of drug-likeness (QED) is 0.871. The molecule has 2 aliphatic rings. The van der Waals surface area contributed by atoms with Crippen molar-refractivity contribution in [2.24, 2.45) is 0 Å². The van der Waals surface area contributed by atoms with E-state index in [4.69, 9.17) is 0 Å². The van der Waals surface area contributed by atoms with Gasteiger partial charge in [0.1, 0.15) is 6.04 Å². The van der Waals surface area contributed by atoms with Gasteiger partial charge in [-0.15, -0.1) is 0 Å². The summed E-state index contributed by atoms with van der Waals surface area (Å²) in [5.41, 5.74) is 0.319. The van der Waals surface area contributed by atoms with E-state index in [2.05, 4.69) is 5.32 Å². The fourth-order valence-corrected chi connectivity index (χ4v) is 3.64. The molecule has 1 aromatic carbocycles. The Morgan fingerprint density at radius 1 is 1.27 bits per heavy atom. The number of amides is 2. The van der Waals surface area contributed by atoms with Crippen LogP contribution in [0.25, 0.3) is 0 Å². The first-order valence-corrected chi connectivity index (χ1v) is 8.79. The van der Waals surface area contributed by atoms with E-state index in [-0.39, 0.29) is 24.0 Å². The Labute approximate surface area is 150 Å². The number of carbonyl (C=O) groups is 2. The van der Waals surface area contributed by atoms with Crippen LogP contribution >= 0.6 is 0 Å². The van der Waals surface area contributed by atoms with Crippen LogP contribution in [-0.4, -0.2) is 48.1 Å². The van der Waals surface area contributed by atoms with Crippen LogP contribution in [0.3, 0.4) is 0 Å². The third-order valence-corrected chi connectivity index (χ3v) is 5.05. The molecule has 0 bridgehead atoms. The van der Waals surface area contributed by atoms with Crippen LogP contribution in [-0.2, 0) is 9.59 Å². The van der Waals surface area contributed by atoms with Gasteiger partial charge in [0, 0.05) is 6.04 Å². The molecule has 26 heavy (non-hydrogen) atoms. The van der Waals surface area contributed by atoms with Gasteiger partial charge in [-0.1, -0.05) is 18.6 Å². The molecule has 0 aliphatic carbocycles. The van der Waals surface area contributed by atoms with Crippen molar-refractivity contribution in [3.63, 3.8) is 0 Å². The minimum Gasteiger partial charge on any atom is -0.324 e. The van der Waals surface area contributed by atoms with Crippen molar-refractivity contribution in [2.75, 3.05) is 23.3 Å². The Morgan fingerprint density at radius 3 is 2.69 bits per heavy atom. The number of hydrogen-bond donors (Lipinski definition) is 1. The molecular formula is C18H22F3N3O2. The van der Waals surface area contributed by atoms with Crippen LogP contribution < -0.4 is 10.2 Å². The Hall–Kier alpha value is -2.09. The Morgan fingerprint density at radius 2 is 2.00 bits per heavy atom. The van der Waals surface area contributed by atoms with Crippen LogP contribution in [0.4, 0.5) is 24.5 Å². The third kappa shape index (κ3) is 3.85. The normalized spacial score (nSPS) is 24.6. The van der Waals surface area contributed by atoms with Crippen LogP contribution in [0.1, 0.15) is 32.6 Å². The second-order valence-electron chi connectivity index (χ2n) is 6.91. The van der Waals surface area contributed by atoms with Crippen molar-refractivity contribution in [2.45, 2.75) is 50.9 Å². The second-order valence-corrected chi connectivity index (χ2v) is 6.91. The number of likely N-dealkylation sites (tertiary alicyclic amines) is 1. The van der Waals surface area contributed by atoms with Gasteiger partial charge in [0.05, 0.1) is 24.3 Å². The maximum Gasteiger partial charge on any atom is 0.409 e. The molecule has 0 spiro atoms. The zero-order chi connectivity index (χ0) is 18.9. The smallest absolute Gasteiger partial charge is 0.324 e. The number of carbonyl (C=O) groups excluding carboxylic acids is 2. The largest absolute Gasteiger partial charge is 0.409 e. The van der Waals surface area contributed by atoms with Gasteiger partial charge >= 0.3 is 6.18 Å². The molecule has 0 saturated carbocycles. The Bertz CT molecular complexity index is 693. The van der Waals surface area contributed by atoms with E-state index in [0.717, 1.165) is 24.2 Å². The summed E-state index contributed by atoms with van der Waals surface area (Å²) >= 11 is 0. The summed E-state index contributed by atoms with van der Waals surface area (Å²) in [5.74, 6) is -1.38. The highest BCUT2D eigenvalue weighted by Gasteiger charge is 2.49. The summed E-state index contributed by atoms with van der Waals surface area (Å²) < 4.78 is 41.0. The van der Waals surface area contributed by atoms with Gasteiger partial charge in [-0.2, -0.15) is 13.2 Å². The number of halogens is 3. The Balaban J connectivity index is 1.96. The topological polar surface area (TPSA) is 52.7 Å². The van der Waals surface area contributed by atoms with Crippen molar-refractivity contribution in [3.05, 3.63) is 24.3 Å². The number of hydrogen-bond acceptors (Lipinski definition) is 3. The third-order valence-electron chi connectivity index (χ3n) is 5.05. The standard InChI is InChI=1S/C18H22F3N3O2/c1-12-6-4-5-9-23(12)11-17(26)24-14-8-3-2-7-13(14)22-16(25)10-15(24)18(19,20)21/h2-3,7-8,12,15H,4-6,9-11H2,1H3,(H,22,25)/t12-,15+/m0/s1. The van der Waals surface area contributed by atoms with E-state index in [0.29, 0.717) is 6.54 Å². The summed E-state index contributed by atoms with van der Waals surface area (Å²) in [6, 6.07) is 4.11. The first-order chi connectivity index (χ1) is 12.3. The molecule has 0 unspecified atom stereocenters. The van der Waals surface area contributed by atoms with Crippen molar-refractivity contribution >= 4 is 23.2 Å². The summed E-state index contributed by atoms with van der Waals surface area (Å²) in [5, 5.41) is 2.48. The number of piperidine rings is 1. The molecule has 5 nitrogen and oxygen atoms in total. The van der Waals surface area contributed by atoms with Crippen molar-refractivity contribution in [1.29, 1.82) is 0 Å². The van der Waals surface area contributed by atoms with Gasteiger partial charge in [-0.3, -0.25) is 19.4 Å². The van der Waals surface area contributed by atoms with Gasteiger partial charge in [-0.05, 0) is 38.4 Å². The number of para-hydroxylation sites is 2. The van der Waals surface area contributed by atoms with Crippen LogP contribution in [0, 0.1) is 0 Å². The molecule has 2 heterocycles. The first-order valence-electron chi connectivity index (χ1n) is 8.79. The number of anilines is 2. The molecule has 2 amide bonds. The lowest BCUT2D eigenvalue weighted by molar-refractivity contribution is -0.158. The van der Waals surface area contributed by atoms with Gasteiger partial charge in [0.25, 0.3) is 0 Å². The van der Waals surface area contributed by atoms with Gasteiger partial charge in [-0.25, -0.2) is 0 Å². The molecule has 2 atom stereocenters. The molecule has 3 rings (SSSR count). The molecule has 1 aromatic rings. The lowest BCUT2D eigenvalue weighted by Gasteiger charge is -2.37. The molecule has 1 N–H and O–H groups in total. The van der Waals surface area contributed by atoms with Crippen molar-refractivity contribution in [3.8, 4) is 0 Å². The highest BCUT2D eigenvalue weighted by atomic mass is 19.4. The molecule has 0 radical (unpaired) electrons. The zero-order valence-corrected chi connectivity index (χ0v) is 14.6. The lowest BCUT2D eigenvalue weighted by Crippen LogP contribution is -2.53. The molecule has 1 fully saturated rings. The number of fused-ring (bicyclic) bond motifs is 1. The van der Waals surface area contributed by atoms with Crippen molar-refractivity contribution < 1.29 is 22.8 Å². The van der Waals surface area contributed by atoms with E-state index >= 15 is 0 Å². The van der Waals surface area contributed by atoms with E-state index in [1.807, 2.05) is 11.8 Å². The fraction of sp³-hybridized carbons (Fsp3) is 0.556. The Kier molecular flexibility index (Phi) is 5.22. The predicted molar refractivity (Wildman–Crippen MR) is 91.9 cm³/mol. The van der Waals surface area contributed by atoms with Crippen LogP contribution in [0.2, 0.25) is 0 Å². The molecular weight excluding hydrogens is 347 g/mol. The number of nitrogens with one attached hydrogen (secondary N) is 1. The molecule has 1 saturated heterocycles. The summed E-state index contributed by atoms with van der Waals surface area (Å²) in [7, 11) is 0. The van der Waals surface area contributed by atoms with Gasteiger partial charge in [0.2, 0.25) is 11.8 Å². The minimum atomic E-state index is -4.70. The van der Waals surface area contributed by atoms with Gasteiger partial charge in [0.15, 0.2) is 0 Å². The summed E-state index contributed by atoms with van der Waals surface area (Å²) in [6.07, 6.45) is -2.59. The maximum atomic E-state index is 13.7. The molecule has 0 aromatic heterocycles. The number of rotatable bonds is 2. The number of benzene rings is 1. The predicted octanol–water partition coefficient (Wildman–Crippen LogP) is 3.17. The minimum absolute atomic E-state index is 0.0870. The highest BCUT2D eigenvalue weighted by molar-refractivity contribution is 6.05. The van der Waals surface area contributed by atoms with Crippen LogP contribution in [0.15, 0.2) is 24.3 Å². The average Bonchev–Trinajstić information content (AvgIpc) is 2.72. The molecule has 8 heteroatoms. The van der Waals surface area contributed by atoms with Gasteiger partial charge < -0.3 is 5.32 Å².